The molecule has 0 radical (unpaired) electrons. The Morgan fingerprint density at radius 1 is 1.23 bits per heavy atom. The van der Waals surface area contributed by atoms with Gasteiger partial charge in [0.2, 0.25) is 0 Å². The zero-order valence-electron chi connectivity index (χ0n) is 10.7. The second kappa shape index (κ2) is 5.83. The highest BCUT2D eigenvalue weighted by Crippen LogP contribution is 2.32. The molecule has 0 aliphatic rings. The van der Waals surface area contributed by atoms with Gasteiger partial charge in [-0.15, -0.1) is 0 Å². The number of nitro benzene ring substituents is 2. The Bertz CT molecular complexity index is 789. The molecule has 0 fully saturated rings. The molecule has 0 saturated heterocycles. The van der Waals surface area contributed by atoms with Crippen LogP contribution in [0.2, 0.25) is 0 Å². The molecule has 0 saturated carbocycles. The molecule has 0 aliphatic carbocycles. The van der Waals surface area contributed by atoms with Crippen molar-refractivity contribution < 1.29 is 20.1 Å². The summed E-state index contributed by atoms with van der Waals surface area (Å²) in [5, 5.41) is 42.8. The van der Waals surface area contributed by atoms with Gasteiger partial charge in [-0.1, -0.05) is 0 Å². The Morgan fingerprint density at radius 3 is 2.55 bits per heavy atom. The summed E-state index contributed by atoms with van der Waals surface area (Å²) in [6.07, 6.45) is 2.21. The summed E-state index contributed by atoms with van der Waals surface area (Å²) in [7, 11) is 0. The third kappa shape index (κ3) is 2.95. The van der Waals surface area contributed by atoms with Gasteiger partial charge in [-0.25, -0.2) is 9.98 Å². The van der Waals surface area contributed by atoms with E-state index in [1.54, 1.807) is 0 Å². The fourth-order valence-electron chi connectivity index (χ4n) is 1.58. The van der Waals surface area contributed by atoms with Crippen LogP contribution in [0.3, 0.4) is 0 Å². The maximum Gasteiger partial charge on any atom is 0.276 e. The summed E-state index contributed by atoms with van der Waals surface area (Å²) in [6, 6.07) is 4.19. The number of non-ortho nitro benzene ring substituents is 1. The van der Waals surface area contributed by atoms with E-state index in [4.69, 9.17) is 0 Å². The molecule has 0 aliphatic heterocycles. The molecule has 1 aromatic heterocycles. The first-order chi connectivity index (χ1) is 10.4. The van der Waals surface area contributed by atoms with Gasteiger partial charge >= 0.3 is 0 Å². The van der Waals surface area contributed by atoms with Crippen LogP contribution in [0.25, 0.3) is 0 Å². The number of aliphatic imine (C=N–C) groups is 1. The lowest BCUT2D eigenvalue weighted by molar-refractivity contribution is -0.403. The quantitative estimate of drug-likeness (QED) is 0.508. The van der Waals surface area contributed by atoms with Crippen molar-refractivity contribution in [2.75, 3.05) is 0 Å². The van der Waals surface area contributed by atoms with Crippen molar-refractivity contribution in [3.63, 3.8) is 0 Å². The van der Waals surface area contributed by atoms with Gasteiger partial charge in [-0.05, 0) is 23.4 Å². The van der Waals surface area contributed by atoms with E-state index in [1.165, 1.54) is 18.3 Å². The van der Waals surface area contributed by atoms with Crippen LogP contribution in [0.1, 0.15) is 5.56 Å². The minimum absolute atomic E-state index is 0.129. The van der Waals surface area contributed by atoms with Crippen molar-refractivity contribution in [3.8, 4) is 11.5 Å². The van der Waals surface area contributed by atoms with E-state index in [9.17, 15) is 30.4 Å². The molecule has 112 valence electrons. The lowest BCUT2D eigenvalue weighted by Crippen LogP contribution is -2.03. The number of hydrogen-bond acceptors (Lipinski definition) is 8. The number of nitrogens with zero attached hydrogens (tertiary/aromatic N) is 4. The molecule has 0 atom stereocenters. The summed E-state index contributed by atoms with van der Waals surface area (Å²) in [6.45, 7) is 0. The van der Waals surface area contributed by atoms with Gasteiger partial charge in [0.15, 0.2) is 11.6 Å². The summed E-state index contributed by atoms with van der Waals surface area (Å²) in [5.74, 6) is -1.42. The number of rotatable bonds is 4. The average molecular weight is 303 g/mol. The maximum atomic E-state index is 11.9. The van der Waals surface area contributed by atoms with Crippen LogP contribution in [0.4, 0.5) is 17.2 Å². The Hall–Kier alpha value is -3.56. The molecule has 0 bridgehead atoms. The Balaban J connectivity index is 2.53. The molecule has 0 unspecified atom stereocenters. The van der Waals surface area contributed by atoms with Crippen LogP contribution in [0.5, 0.6) is 11.5 Å². The zero-order chi connectivity index (χ0) is 16.3. The average Bonchev–Trinajstić information content (AvgIpc) is 2.47. The molecule has 1 aromatic carbocycles. The maximum absolute atomic E-state index is 11.9. The van der Waals surface area contributed by atoms with E-state index in [-0.39, 0.29) is 17.1 Å². The largest absolute Gasteiger partial charge is 0.867 e. The number of hydrogen-bond donors (Lipinski definition) is 1. The number of nitro groups is 2. The molecule has 0 spiro atoms. The highest BCUT2D eigenvalue weighted by Gasteiger charge is 2.18. The molecule has 22 heavy (non-hydrogen) atoms. The van der Waals surface area contributed by atoms with Crippen molar-refractivity contribution in [2.45, 2.75) is 0 Å². The first kappa shape index (κ1) is 14.8. The van der Waals surface area contributed by atoms with Crippen LogP contribution in [0.15, 0.2) is 35.5 Å². The standard InChI is InChI=1S/C12H8N4O6/c17-10-2-1-3-13-12(10)14-6-7-4-8(15(19)20)5-9(11(7)18)16(21)22/h1-6,17-18H/p-1/b14-6+. The Morgan fingerprint density at radius 2 is 1.95 bits per heavy atom. The van der Waals surface area contributed by atoms with Crippen LogP contribution < -0.4 is 5.11 Å². The van der Waals surface area contributed by atoms with E-state index in [2.05, 4.69) is 9.98 Å². The van der Waals surface area contributed by atoms with Gasteiger partial charge in [-0.3, -0.25) is 20.2 Å². The predicted octanol–water partition coefficient (Wildman–Crippen LogP) is 1.43. The van der Waals surface area contributed by atoms with Gasteiger partial charge in [0, 0.05) is 18.5 Å². The van der Waals surface area contributed by atoms with E-state index < -0.39 is 27.0 Å². The molecule has 10 nitrogen and oxygen atoms in total. The number of aromatic nitrogens is 1. The Kier molecular flexibility index (Phi) is 3.93. The first-order valence-electron chi connectivity index (χ1n) is 5.72. The van der Waals surface area contributed by atoms with E-state index in [0.717, 1.165) is 12.3 Å². The van der Waals surface area contributed by atoms with Crippen molar-refractivity contribution in [3.05, 3.63) is 56.3 Å². The smallest absolute Gasteiger partial charge is 0.276 e. The molecular formula is C12H7N4O6-. The lowest BCUT2D eigenvalue weighted by Gasteiger charge is -2.10. The number of benzene rings is 1. The van der Waals surface area contributed by atoms with Crippen molar-refractivity contribution in [1.82, 2.24) is 4.98 Å². The van der Waals surface area contributed by atoms with E-state index in [1.807, 2.05) is 0 Å². The number of aromatic hydroxyl groups is 1. The predicted molar refractivity (Wildman–Crippen MR) is 72.4 cm³/mol. The van der Waals surface area contributed by atoms with Crippen molar-refractivity contribution in [2.24, 2.45) is 4.99 Å². The molecule has 2 rings (SSSR count). The third-order valence-corrected chi connectivity index (χ3v) is 2.58. The second-order valence-corrected chi connectivity index (χ2v) is 4.00. The topological polar surface area (TPSA) is 155 Å². The lowest BCUT2D eigenvalue weighted by atomic mass is 10.1. The van der Waals surface area contributed by atoms with Crippen molar-refractivity contribution >= 4 is 23.4 Å². The van der Waals surface area contributed by atoms with Gasteiger partial charge in [0.25, 0.3) is 11.4 Å². The van der Waals surface area contributed by atoms with Crippen LogP contribution in [-0.2, 0) is 0 Å². The number of pyridine rings is 1. The molecule has 0 amide bonds. The van der Waals surface area contributed by atoms with Gasteiger partial charge in [0.1, 0.15) is 0 Å². The van der Waals surface area contributed by atoms with Crippen LogP contribution in [-0.4, -0.2) is 26.2 Å². The summed E-state index contributed by atoms with van der Waals surface area (Å²) in [5.41, 5.74) is -1.90. The monoisotopic (exact) mass is 303 g/mol. The minimum Gasteiger partial charge on any atom is -0.867 e. The normalized spacial score (nSPS) is 10.7. The molecule has 2 aromatic rings. The minimum atomic E-state index is -1.02. The molecule has 1 heterocycles. The van der Waals surface area contributed by atoms with E-state index >= 15 is 0 Å². The highest BCUT2D eigenvalue weighted by atomic mass is 16.6. The van der Waals surface area contributed by atoms with E-state index in [0.29, 0.717) is 6.07 Å². The summed E-state index contributed by atoms with van der Waals surface area (Å²) in [4.78, 5) is 27.1. The molecule has 1 N–H and O–H groups in total. The van der Waals surface area contributed by atoms with Gasteiger partial charge < -0.3 is 10.2 Å². The fraction of sp³-hybridized carbons (Fsp3) is 0. The van der Waals surface area contributed by atoms with Crippen molar-refractivity contribution in [1.29, 1.82) is 0 Å². The van der Waals surface area contributed by atoms with Crippen LogP contribution in [0, 0.1) is 20.2 Å². The molecule has 10 heteroatoms. The van der Waals surface area contributed by atoms with Crippen LogP contribution >= 0.6 is 0 Å². The zero-order valence-corrected chi connectivity index (χ0v) is 10.7. The van der Waals surface area contributed by atoms with Gasteiger partial charge in [0.05, 0.1) is 15.9 Å². The fourth-order valence-corrected chi connectivity index (χ4v) is 1.58. The first-order valence-corrected chi connectivity index (χ1v) is 5.72. The second-order valence-electron chi connectivity index (χ2n) is 4.00. The SMILES string of the molecule is O=[N+]([O-])c1cc(/C=N/c2ncccc2O)c([O-])c([N+](=O)[O-])c1. The highest BCUT2D eigenvalue weighted by molar-refractivity contribution is 5.88. The third-order valence-electron chi connectivity index (χ3n) is 2.58. The molecular weight excluding hydrogens is 296 g/mol. The Labute approximate surface area is 122 Å². The van der Waals surface area contributed by atoms with Gasteiger partial charge in [-0.2, -0.15) is 0 Å². The summed E-state index contributed by atoms with van der Waals surface area (Å²) >= 11 is 0. The summed E-state index contributed by atoms with van der Waals surface area (Å²) < 4.78 is 0.